The molecular formula is C27H24BrN3O3S2. The molecule has 4 rings (SSSR count). The second-order valence-corrected chi connectivity index (χ2v) is 11.8. The first-order valence-corrected chi connectivity index (χ1v) is 14.1. The molecule has 3 aromatic carbocycles. The number of halogens is 1. The molecule has 0 bridgehead atoms. The van der Waals surface area contributed by atoms with Gasteiger partial charge < -0.3 is 0 Å². The van der Waals surface area contributed by atoms with Gasteiger partial charge in [0.1, 0.15) is 0 Å². The van der Waals surface area contributed by atoms with Gasteiger partial charge in [0.25, 0.3) is 5.91 Å². The van der Waals surface area contributed by atoms with Crippen LogP contribution in [-0.2, 0) is 16.6 Å². The minimum Gasteiger partial charge on any atom is -0.279 e. The van der Waals surface area contributed by atoms with Crippen LogP contribution < -0.4 is 4.90 Å². The van der Waals surface area contributed by atoms with Crippen LogP contribution in [-0.4, -0.2) is 36.7 Å². The van der Waals surface area contributed by atoms with E-state index >= 15 is 0 Å². The van der Waals surface area contributed by atoms with Crippen LogP contribution in [0.1, 0.15) is 15.9 Å². The molecule has 1 amide bonds. The summed E-state index contributed by atoms with van der Waals surface area (Å²) in [5.41, 5.74) is 2.12. The average molecular weight is 583 g/mol. The van der Waals surface area contributed by atoms with Crippen molar-refractivity contribution < 1.29 is 13.2 Å². The van der Waals surface area contributed by atoms with Crippen molar-refractivity contribution in [2.45, 2.75) is 11.4 Å². The number of carbonyl (C=O) groups excluding carboxylic acids is 1. The van der Waals surface area contributed by atoms with E-state index in [0.717, 1.165) is 20.3 Å². The average Bonchev–Trinajstić information content (AvgIpc) is 3.30. The second kappa shape index (κ2) is 11.3. The van der Waals surface area contributed by atoms with Gasteiger partial charge in [-0.2, -0.15) is 4.31 Å². The van der Waals surface area contributed by atoms with Crippen molar-refractivity contribution in [2.75, 3.05) is 18.0 Å². The number of thiazole rings is 1. The van der Waals surface area contributed by atoms with Crippen molar-refractivity contribution in [3.8, 4) is 0 Å². The Morgan fingerprint density at radius 3 is 2.28 bits per heavy atom. The Kier molecular flexibility index (Phi) is 8.15. The topological polar surface area (TPSA) is 70.6 Å². The van der Waals surface area contributed by atoms with E-state index in [4.69, 9.17) is 4.98 Å². The quantitative estimate of drug-likeness (QED) is 0.207. The smallest absolute Gasteiger partial charge is 0.260 e. The molecule has 0 unspecified atom stereocenters. The maximum Gasteiger partial charge on any atom is 0.260 e. The summed E-state index contributed by atoms with van der Waals surface area (Å²) in [5, 5.41) is 0.566. The Bertz CT molecular complexity index is 1490. The van der Waals surface area contributed by atoms with Crippen molar-refractivity contribution in [2.24, 2.45) is 0 Å². The van der Waals surface area contributed by atoms with Gasteiger partial charge in [-0.1, -0.05) is 69.8 Å². The molecule has 36 heavy (non-hydrogen) atoms. The molecular weight excluding hydrogens is 558 g/mol. The number of sulfonamides is 1. The summed E-state index contributed by atoms with van der Waals surface area (Å²) in [6.45, 7) is 7.91. The van der Waals surface area contributed by atoms with Gasteiger partial charge in [0.15, 0.2) is 5.13 Å². The Hall–Kier alpha value is -3.11. The number of carbonyl (C=O) groups is 1. The van der Waals surface area contributed by atoms with E-state index in [0.29, 0.717) is 17.2 Å². The molecule has 0 spiro atoms. The summed E-state index contributed by atoms with van der Waals surface area (Å²) in [6, 6.07) is 21.5. The predicted molar refractivity (Wildman–Crippen MR) is 150 cm³/mol. The first kappa shape index (κ1) is 26.0. The first-order valence-electron chi connectivity index (χ1n) is 11.1. The Morgan fingerprint density at radius 1 is 0.972 bits per heavy atom. The van der Waals surface area contributed by atoms with Crippen LogP contribution in [0.3, 0.4) is 0 Å². The minimum atomic E-state index is -3.76. The second-order valence-electron chi connectivity index (χ2n) is 7.91. The summed E-state index contributed by atoms with van der Waals surface area (Å²) in [6.07, 6.45) is 3.05. The van der Waals surface area contributed by atoms with E-state index in [1.54, 1.807) is 4.90 Å². The highest BCUT2D eigenvalue weighted by atomic mass is 79.9. The zero-order valence-electron chi connectivity index (χ0n) is 19.4. The first-order chi connectivity index (χ1) is 17.3. The third-order valence-corrected chi connectivity index (χ3v) is 8.78. The predicted octanol–water partition coefficient (Wildman–Crippen LogP) is 6.27. The lowest BCUT2D eigenvalue weighted by molar-refractivity contribution is 0.0985. The van der Waals surface area contributed by atoms with E-state index in [-0.39, 0.29) is 23.9 Å². The van der Waals surface area contributed by atoms with Crippen molar-refractivity contribution in [1.29, 1.82) is 0 Å². The van der Waals surface area contributed by atoms with Gasteiger partial charge in [-0.3, -0.25) is 9.69 Å². The van der Waals surface area contributed by atoms with Crippen LogP contribution in [0.4, 0.5) is 5.13 Å². The molecule has 184 valence electrons. The zero-order chi connectivity index (χ0) is 25.7. The third-order valence-electron chi connectivity index (χ3n) is 5.40. The van der Waals surface area contributed by atoms with Crippen LogP contribution in [0.25, 0.3) is 10.2 Å². The summed E-state index contributed by atoms with van der Waals surface area (Å²) < 4.78 is 29.2. The number of hydrogen-bond acceptors (Lipinski definition) is 5. The van der Waals surface area contributed by atoms with Gasteiger partial charge in [-0.05, 0) is 48.0 Å². The standard InChI is InChI=1S/C27H24BrN3O3S2/c1-3-16-30(17-4-2)36(33,34)23-13-10-21(11-14-23)26(32)31(19-20-8-6-5-7-9-20)27-29-24-15-12-22(28)18-25(24)35-27/h3-15,18H,1-2,16-17,19H2. The fourth-order valence-corrected chi connectivity index (χ4v) is 6.52. The maximum atomic E-state index is 13.7. The van der Waals surface area contributed by atoms with E-state index in [9.17, 15) is 13.2 Å². The summed E-state index contributed by atoms with van der Waals surface area (Å²) in [7, 11) is -3.76. The van der Waals surface area contributed by atoms with Gasteiger partial charge >= 0.3 is 0 Å². The largest absolute Gasteiger partial charge is 0.279 e. The van der Waals surface area contributed by atoms with Gasteiger partial charge in [-0.25, -0.2) is 13.4 Å². The molecule has 0 aliphatic carbocycles. The molecule has 0 N–H and O–H groups in total. The van der Waals surface area contributed by atoms with Crippen molar-refractivity contribution in [3.63, 3.8) is 0 Å². The number of benzene rings is 3. The van der Waals surface area contributed by atoms with Crippen molar-refractivity contribution in [1.82, 2.24) is 9.29 Å². The fourth-order valence-electron chi connectivity index (χ4n) is 3.63. The van der Waals surface area contributed by atoms with Crippen LogP contribution in [0.15, 0.2) is 107 Å². The van der Waals surface area contributed by atoms with Crippen LogP contribution in [0, 0.1) is 0 Å². The van der Waals surface area contributed by atoms with E-state index in [1.165, 1.54) is 52.1 Å². The van der Waals surface area contributed by atoms with Crippen LogP contribution >= 0.6 is 27.3 Å². The molecule has 4 aromatic rings. The molecule has 1 aromatic heterocycles. The summed E-state index contributed by atoms with van der Waals surface area (Å²) in [4.78, 5) is 20.1. The van der Waals surface area contributed by atoms with Crippen molar-refractivity contribution in [3.05, 3.63) is 114 Å². The normalized spacial score (nSPS) is 11.5. The molecule has 0 saturated carbocycles. The van der Waals surface area contributed by atoms with Crippen molar-refractivity contribution >= 4 is 58.5 Å². The van der Waals surface area contributed by atoms with Gasteiger partial charge in [0.05, 0.1) is 21.7 Å². The zero-order valence-corrected chi connectivity index (χ0v) is 22.6. The highest BCUT2D eigenvalue weighted by molar-refractivity contribution is 9.10. The van der Waals surface area contributed by atoms with E-state index in [2.05, 4.69) is 29.1 Å². The lowest BCUT2D eigenvalue weighted by Gasteiger charge is -2.21. The Labute approximate surface area is 223 Å². The monoisotopic (exact) mass is 581 g/mol. The molecule has 0 fully saturated rings. The molecule has 6 nitrogen and oxygen atoms in total. The van der Waals surface area contributed by atoms with Crippen LogP contribution in [0.2, 0.25) is 0 Å². The van der Waals surface area contributed by atoms with E-state index < -0.39 is 10.0 Å². The van der Waals surface area contributed by atoms with Gasteiger partial charge in [0, 0.05) is 23.1 Å². The molecule has 1 heterocycles. The SMILES string of the molecule is C=CCN(CC=C)S(=O)(=O)c1ccc(C(=O)N(Cc2ccccc2)c2nc3ccc(Br)cc3s2)cc1. The highest BCUT2D eigenvalue weighted by Crippen LogP contribution is 2.32. The number of nitrogens with zero attached hydrogens (tertiary/aromatic N) is 3. The fraction of sp³-hybridized carbons (Fsp3) is 0.111. The Balaban J connectivity index is 1.68. The summed E-state index contributed by atoms with van der Waals surface area (Å²) >= 11 is 4.91. The maximum absolute atomic E-state index is 13.7. The molecule has 0 radical (unpaired) electrons. The van der Waals surface area contributed by atoms with Gasteiger partial charge in [0.2, 0.25) is 10.0 Å². The molecule has 0 saturated heterocycles. The number of anilines is 1. The molecule has 9 heteroatoms. The lowest BCUT2D eigenvalue weighted by Crippen LogP contribution is -2.32. The number of amides is 1. The lowest BCUT2D eigenvalue weighted by atomic mass is 10.1. The Morgan fingerprint density at radius 2 is 1.64 bits per heavy atom. The third kappa shape index (κ3) is 5.65. The minimum absolute atomic E-state index is 0.0993. The number of hydrogen-bond donors (Lipinski definition) is 0. The highest BCUT2D eigenvalue weighted by Gasteiger charge is 2.25. The summed E-state index contributed by atoms with van der Waals surface area (Å²) in [5.74, 6) is -0.269. The number of fused-ring (bicyclic) bond motifs is 1. The number of rotatable bonds is 10. The van der Waals surface area contributed by atoms with E-state index in [1.807, 2.05) is 48.5 Å². The molecule has 0 atom stereocenters. The van der Waals surface area contributed by atoms with Crippen LogP contribution in [0.5, 0.6) is 0 Å². The molecule has 0 aliphatic rings. The number of aromatic nitrogens is 1. The van der Waals surface area contributed by atoms with Gasteiger partial charge in [-0.15, -0.1) is 13.2 Å². The molecule has 0 aliphatic heterocycles.